The van der Waals surface area contributed by atoms with Gasteiger partial charge in [-0.3, -0.25) is 0 Å². The van der Waals surface area contributed by atoms with Gasteiger partial charge in [0.2, 0.25) is 0 Å². The van der Waals surface area contributed by atoms with Crippen LogP contribution in [0.4, 0.5) is 0 Å². The fraction of sp³-hybridized carbons (Fsp3) is 0.818. The van der Waals surface area contributed by atoms with E-state index >= 15 is 0 Å². The second-order valence-corrected chi connectivity index (χ2v) is 3.88. The van der Waals surface area contributed by atoms with Crippen molar-refractivity contribution in [3.05, 3.63) is 11.9 Å². The van der Waals surface area contributed by atoms with E-state index in [9.17, 15) is 0 Å². The van der Waals surface area contributed by atoms with E-state index in [0.29, 0.717) is 0 Å². The van der Waals surface area contributed by atoms with Gasteiger partial charge in [0.15, 0.2) is 0 Å². The first-order chi connectivity index (χ1) is 6.38. The van der Waals surface area contributed by atoms with Crippen molar-refractivity contribution in [1.82, 2.24) is 5.32 Å². The van der Waals surface area contributed by atoms with E-state index in [0.717, 1.165) is 12.5 Å². The standard InChI is InChI=1S/C11H22N2/c1-2-3-8-13-11(9-12)10-6-4-5-7-10/h9-10,13H,2-8,12H2,1H3/b11-9+. The molecular weight excluding hydrogens is 160 g/mol. The number of nitrogens with two attached hydrogens (primary N) is 1. The third kappa shape index (κ3) is 3.29. The molecule has 3 N–H and O–H groups in total. The van der Waals surface area contributed by atoms with E-state index in [2.05, 4.69) is 12.2 Å². The van der Waals surface area contributed by atoms with Gasteiger partial charge in [0, 0.05) is 24.4 Å². The van der Waals surface area contributed by atoms with Crippen LogP contribution in [0.25, 0.3) is 0 Å². The zero-order valence-corrected chi connectivity index (χ0v) is 8.68. The summed E-state index contributed by atoms with van der Waals surface area (Å²) in [5.74, 6) is 0.724. The molecular formula is C11H22N2. The van der Waals surface area contributed by atoms with E-state index in [4.69, 9.17) is 5.73 Å². The Bertz CT molecular complexity index is 157. The lowest BCUT2D eigenvalue weighted by atomic mass is 10.0. The average molecular weight is 182 g/mol. The summed E-state index contributed by atoms with van der Waals surface area (Å²) >= 11 is 0. The minimum absolute atomic E-state index is 0.724. The van der Waals surface area contributed by atoms with Crippen LogP contribution in [0, 0.1) is 5.92 Å². The molecule has 0 aliphatic heterocycles. The minimum atomic E-state index is 0.724. The quantitative estimate of drug-likeness (QED) is 0.641. The third-order valence-corrected chi connectivity index (χ3v) is 2.83. The lowest BCUT2D eigenvalue weighted by Gasteiger charge is -2.15. The molecule has 1 rings (SSSR count). The molecule has 0 saturated heterocycles. The van der Waals surface area contributed by atoms with E-state index in [-0.39, 0.29) is 0 Å². The zero-order valence-electron chi connectivity index (χ0n) is 8.68. The lowest BCUT2D eigenvalue weighted by molar-refractivity contribution is 0.564. The van der Waals surface area contributed by atoms with Gasteiger partial charge >= 0.3 is 0 Å². The molecule has 0 aromatic heterocycles. The first-order valence-electron chi connectivity index (χ1n) is 5.54. The maximum atomic E-state index is 5.61. The first-order valence-corrected chi connectivity index (χ1v) is 5.54. The van der Waals surface area contributed by atoms with Crippen molar-refractivity contribution in [2.75, 3.05) is 6.54 Å². The highest BCUT2D eigenvalue weighted by molar-refractivity contribution is 5.04. The third-order valence-electron chi connectivity index (χ3n) is 2.83. The Labute approximate surface area is 81.6 Å². The molecule has 1 aliphatic carbocycles. The fourth-order valence-electron chi connectivity index (χ4n) is 1.99. The SMILES string of the molecule is CCCCN/C(=C/N)C1CCCC1. The molecule has 1 saturated carbocycles. The molecule has 0 spiro atoms. The van der Waals surface area contributed by atoms with Crippen LogP contribution in [0.5, 0.6) is 0 Å². The van der Waals surface area contributed by atoms with E-state index in [1.807, 2.05) is 0 Å². The van der Waals surface area contributed by atoms with Crippen molar-refractivity contribution in [2.24, 2.45) is 11.7 Å². The molecule has 0 bridgehead atoms. The minimum Gasteiger partial charge on any atom is -0.403 e. The molecule has 2 nitrogen and oxygen atoms in total. The van der Waals surface area contributed by atoms with E-state index < -0.39 is 0 Å². The average Bonchev–Trinajstić information content (AvgIpc) is 2.65. The molecule has 0 radical (unpaired) electrons. The Balaban J connectivity index is 2.26. The van der Waals surface area contributed by atoms with E-state index in [1.165, 1.54) is 44.2 Å². The van der Waals surface area contributed by atoms with Crippen LogP contribution in [-0.4, -0.2) is 6.54 Å². The normalized spacial score (nSPS) is 19.3. The number of allylic oxidation sites excluding steroid dienone is 1. The maximum absolute atomic E-state index is 5.61. The van der Waals surface area contributed by atoms with Crippen LogP contribution in [0.15, 0.2) is 11.9 Å². The van der Waals surface area contributed by atoms with Crippen molar-refractivity contribution in [2.45, 2.75) is 45.4 Å². The topological polar surface area (TPSA) is 38.0 Å². The molecule has 13 heavy (non-hydrogen) atoms. The van der Waals surface area contributed by atoms with Crippen molar-refractivity contribution < 1.29 is 0 Å². The van der Waals surface area contributed by atoms with Crippen molar-refractivity contribution in [1.29, 1.82) is 0 Å². The summed E-state index contributed by atoms with van der Waals surface area (Å²) < 4.78 is 0. The van der Waals surface area contributed by atoms with Gasteiger partial charge in [-0.05, 0) is 19.3 Å². The molecule has 0 heterocycles. The second-order valence-electron chi connectivity index (χ2n) is 3.88. The van der Waals surface area contributed by atoms with Gasteiger partial charge in [-0.15, -0.1) is 0 Å². The maximum Gasteiger partial charge on any atom is 0.0295 e. The summed E-state index contributed by atoms with van der Waals surface area (Å²) in [5, 5.41) is 3.45. The van der Waals surface area contributed by atoms with Crippen LogP contribution in [0.2, 0.25) is 0 Å². The highest BCUT2D eigenvalue weighted by Crippen LogP contribution is 2.29. The molecule has 1 fully saturated rings. The molecule has 0 aromatic rings. The molecule has 2 heteroatoms. The predicted octanol–water partition coefficient (Wildman–Crippen LogP) is 2.37. The van der Waals surface area contributed by atoms with Crippen LogP contribution < -0.4 is 11.1 Å². The summed E-state index contributed by atoms with van der Waals surface area (Å²) in [7, 11) is 0. The second kappa shape index (κ2) is 5.90. The largest absolute Gasteiger partial charge is 0.403 e. The lowest BCUT2D eigenvalue weighted by Crippen LogP contribution is -2.21. The number of rotatable bonds is 5. The van der Waals surface area contributed by atoms with Crippen molar-refractivity contribution in [3.63, 3.8) is 0 Å². The summed E-state index contributed by atoms with van der Waals surface area (Å²) in [4.78, 5) is 0. The predicted molar refractivity (Wildman–Crippen MR) is 57.1 cm³/mol. The van der Waals surface area contributed by atoms with Gasteiger partial charge in [0.05, 0.1) is 0 Å². The Morgan fingerprint density at radius 1 is 1.46 bits per heavy atom. The highest BCUT2D eigenvalue weighted by atomic mass is 14.9. The Kier molecular flexibility index (Phi) is 4.73. The Morgan fingerprint density at radius 2 is 2.15 bits per heavy atom. The number of unbranched alkanes of at least 4 members (excludes halogenated alkanes) is 1. The van der Waals surface area contributed by atoms with Gasteiger partial charge in [-0.25, -0.2) is 0 Å². The van der Waals surface area contributed by atoms with E-state index in [1.54, 1.807) is 6.20 Å². The summed E-state index contributed by atoms with van der Waals surface area (Å²) in [6.45, 7) is 3.29. The van der Waals surface area contributed by atoms with Gasteiger partial charge in [-0.1, -0.05) is 26.2 Å². The molecule has 1 aliphatic rings. The molecule has 76 valence electrons. The molecule has 0 unspecified atom stereocenters. The zero-order chi connectivity index (χ0) is 9.52. The van der Waals surface area contributed by atoms with Crippen molar-refractivity contribution >= 4 is 0 Å². The van der Waals surface area contributed by atoms with Crippen LogP contribution in [0.3, 0.4) is 0 Å². The van der Waals surface area contributed by atoms with Gasteiger partial charge in [-0.2, -0.15) is 0 Å². The molecule has 0 amide bonds. The fourth-order valence-corrected chi connectivity index (χ4v) is 1.99. The Hall–Kier alpha value is -0.660. The Morgan fingerprint density at radius 3 is 2.69 bits per heavy atom. The van der Waals surface area contributed by atoms with Crippen molar-refractivity contribution in [3.8, 4) is 0 Å². The van der Waals surface area contributed by atoms with Crippen LogP contribution >= 0.6 is 0 Å². The molecule has 0 aromatic carbocycles. The number of hydrogen-bond donors (Lipinski definition) is 2. The number of hydrogen-bond acceptors (Lipinski definition) is 2. The van der Waals surface area contributed by atoms with Crippen LogP contribution in [-0.2, 0) is 0 Å². The van der Waals surface area contributed by atoms with Gasteiger partial charge in [0.1, 0.15) is 0 Å². The molecule has 0 atom stereocenters. The number of nitrogens with one attached hydrogen (secondary N) is 1. The van der Waals surface area contributed by atoms with Crippen LogP contribution in [0.1, 0.15) is 45.4 Å². The monoisotopic (exact) mass is 182 g/mol. The smallest absolute Gasteiger partial charge is 0.0295 e. The first kappa shape index (κ1) is 10.4. The summed E-state index contributed by atoms with van der Waals surface area (Å²) in [6, 6.07) is 0. The van der Waals surface area contributed by atoms with Gasteiger partial charge in [0.25, 0.3) is 0 Å². The summed E-state index contributed by atoms with van der Waals surface area (Å²) in [6.07, 6.45) is 9.64. The summed E-state index contributed by atoms with van der Waals surface area (Å²) in [5.41, 5.74) is 6.89. The highest BCUT2D eigenvalue weighted by Gasteiger charge is 2.18. The van der Waals surface area contributed by atoms with Gasteiger partial charge < -0.3 is 11.1 Å².